The minimum Gasteiger partial charge on any atom is -0.380 e. The van der Waals surface area contributed by atoms with Crippen molar-refractivity contribution in [2.45, 2.75) is 57.5 Å². The predicted molar refractivity (Wildman–Crippen MR) is 143 cm³/mol. The molecule has 0 bridgehead atoms. The van der Waals surface area contributed by atoms with E-state index in [2.05, 4.69) is 19.2 Å². The van der Waals surface area contributed by atoms with Crippen LogP contribution < -0.4 is 5.32 Å². The highest BCUT2D eigenvalue weighted by atomic mass is 35.5. The number of amides is 2. The van der Waals surface area contributed by atoms with Gasteiger partial charge in [0.25, 0.3) is 11.8 Å². The molecule has 2 aliphatic heterocycles. The van der Waals surface area contributed by atoms with Crippen molar-refractivity contribution in [2.75, 3.05) is 12.3 Å². The summed E-state index contributed by atoms with van der Waals surface area (Å²) in [7, 11) is 0. The number of benzene rings is 2. The van der Waals surface area contributed by atoms with E-state index in [4.69, 9.17) is 16.6 Å². The van der Waals surface area contributed by atoms with Gasteiger partial charge in [-0.2, -0.15) is 0 Å². The first-order chi connectivity index (χ1) is 17.2. The van der Waals surface area contributed by atoms with Crippen LogP contribution in [0, 0.1) is 5.92 Å². The van der Waals surface area contributed by atoms with Crippen LogP contribution in [0.3, 0.4) is 0 Å². The molecule has 0 saturated carbocycles. The zero-order valence-electron chi connectivity index (χ0n) is 20.4. The fourth-order valence-corrected chi connectivity index (χ4v) is 5.90. The highest BCUT2D eigenvalue weighted by Crippen LogP contribution is 2.34. The minimum atomic E-state index is -1.86. The lowest BCUT2D eigenvalue weighted by molar-refractivity contribution is -0.153. The fourth-order valence-electron chi connectivity index (χ4n) is 4.57. The molecule has 2 unspecified atom stereocenters. The van der Waals surface area contributed by atoms with Crippen molar-refractivity contribution in [3.05, 3.63) is 70.2 Å². The van der Waals surface area contributed by atoms with Gasteiger partial charge in [-0.3, -0.25) is 14.6 Å². The predicted octanol–water partition coefficient (Wildman–Crippen LogP) is 3.88. The zero-order chi connectivity index (χ0) is 25.8. The van der Waals surface area contributed by atoms with Crippen molar-refractivity contribution in [1.29, 1.82) is 0 Å². The summed E-state index contributed by atoms with van der Waals surface area (Å²) in [6.45, 7) is 4.89. The van der Waals surface area contributed by atoms with Crippen LogP contribution in [0.4, 0.5) is 0 Å². The van der Waals surface area contributed by atoms with Crippen LogP contribution in [0.25, 0.3) is 0 Å². The molecule has 2 amide bonds. The third-order valence-corrected chi connectivity index (χ3v) is 8.18. The largest absolute Gasteiger partial charge is 0.380 e. The monoisotopic (exact) mass is 529 g/mol. The summed E-state index contributed by atoms with van der Waals surface area (Å²) in [5.74, 6) is -0.106. The Kier molecular flexibility index (Phi) is 8.72. The summed E-state index contributed by atoms with van der Waals surface area (Å²) >= 11 is 7.89. The van der Waals surface area contributed by atoms with Gasteiger partial charge >= 0.3 is 0 Å². The lowest BCUT2D eigenvalue weighted by Gasteiger charge is -2.28. The third kappa shape index (κ3) is 6.11. The molecule has 2 aromatic rings. The number of aliphatic imine (C=N–C) groups is 1. The number of rotatable bonds is 8. The maximum absolute atomic E-state index is 13.0. The standard InChI is InChI=1S/C27H32ClN3O4S/c1-16(2)26-30-21(15-36-26)18-10-8-17(9-11-18)14-29-25(34)23(32)24(33)27(35)31-12-4-7-22(31)19-5-3-6-20(28)13-19/h3,5-6,8-11,13,16,21-24,32-33H,4,7,12,14-15H2,1-2H3,(H,29,34)/t21?,22?,23-,24-/m1/s1. The van der Waals surface area contributed by atoms with Crippen LogP contribution in [0.2, 0.25) is 5.02 Å². The minimum absolute atomic E-state index is 0.139. The van der Waals surface area contributed by atoms with Gasteiger partial charge in [0, 0.05) is 29.8 Å². The number of likely N-dealkylation sites (tertiary alicyclic amines) is 1. The van der Waals surface area contributed by atoms with Gasteiger partial charge < -0.3 is 20.4 Å². The second-order valence-corrected chi connectivity index (χ2v) is 11.0. The SMILES string of the molecule is CC(C)C1=NC(c2ccc(CNC(=O)[C@H](O)[C@@H](O)C(=O)N3CCCC3c3cccc(Cl)c3)cc2)CS1. The van der Waals surface area contributed by atoms with Crippen LogP contribution >= 0.6 is 23.4 Å². The van der Waals surface area contributed by atoms with Crippen molar-refractivity contribution in [1.82, 2.24) is 10.2 Å². The Bertz CT molecular complexity index is 1120. The average molecular weight is 530 g/mol. The lowest BCUT2D eigenvalue weighted by atomic mass is 10.0. The van der Waals surface area contributed by atoms with E-state index in [1.165, 1.54) is 9.94 Å². The Labute approximate surface area is 220 Å². The number of thioether (sulfide) groups is 1. The number of carbonyl (C=O) groups is 2. The first-order valence-electron chi connectivity index (χ1n) is 12.2. The number of hydrogen-bond acceptors (Lipinski definition) is 6. The van der Waals surface area contributed by atoms with Crippen molar-refractivity contribution >= 4 is 40.2 Å². The van der Waals surface area contributed by atoms with Gasteiger partial charge in [-0.05, 0) is 41.7 Å². The third-order valence-electron chi connectivity index (χ3n) is 6.59. The maximum atomic E-state index is 13.0. The quantitative estimate of drug-likeness (QED) is 0.481. The Hall–Kier alpha value is -2.39. The summed E-state index contributed by atoms with van der Waals surface area (Å²) < 4.78 is 0. The smallest absolute Gasteiger partial charge is 0.255 e. The molecule has 0 aromatic heterocycles. The highest BCUT2D eigenvalue weighted by molar-refractivity contribution is 8.14. The van der Waals surface area contributed by atoms with Crippen LogP contribution in [0.15, 0.2) is 53.5 Å². The van der Waals surface area contributed by atoms with E-state index in [1.807, 2.05) is 36.4 Å². The number of nitrogens with one attached hydrogen (secondary N) is 1. The van der Waals surface area contributed by atoms with Gasteiger partial charge in [0.05, 0.1) is 17.1 Å². The van der Waals surface area contributed by atoms with Crippen LogP contribution in [-0.4, -0.2) is 56.5 Å². The number of halogens is 1. The van der Waals surface area contributed by atoms with Crippen molar-refractivity contribution in [3.8, 4) is 0 Å². The molecule has 4 atom stereocenters. The molecule has 3 N–H and O–H groups in total. The van der Waals surface area contributed by atoms with Crippen LogP contribution in [-0.2, 0) is 16.1 Å². The van der Waals surface area contributed by atoms with Gasteiger partial charge in [0.15, 0.2) is 12.2 Å². The molecule has 2 aromatic carbocycles. The molecule has 7 nitrogen and oxygen atoms in total. The number of aliphatic hydroxyl groups is 2. The summed E-state index contributed by atoms with van der Waals surface area (Å²) in [5, 5.41) is 25.3. The van der Waals surface area contributed by atoms with Crippen molar-refractivity contribution in [2.24, 2.45) is 10.9 Å². The van der Waals surface area contributed by atoms with Crippen molar-refractivity contribution in [3.63, 3.8) is 0 Å². The molecule has 2 heterocycles. The first-order valence-corrected chi connectivity index (χ1v) is 13.6. The molecule has 36 heavy (non-hydrogen) atoms. The fraction of sp³-hybridized carbons (Fsp3) is 0.444. The van der Waals surface area contributed by atoms with Gasteiger partial charge in [-0.15, -0.1) is 11.8 Å². The summed E-state index contributed by atoms with van der Waals surface area (Å²) in [5.41, 5.74) is 2.83. The number of carbonyl (C=O) groups excluding carboxylic acids is 2. The van der Waals surface area contributed by atoms with Crippen molar-refractivity contribution < 1.29 is 19.8 Å². The molecule has 9 heteroatoms. The molecule has 0 spiro atoms. The van der Waals surface area contributed by atoms with E-state index in [0.29, 0.717) is 17.5 Å². The summed E-state index contributed by atoms with van der Waals surface area (Å²) in [6.07, 6.45) is -2.23. The number of hydrogen-bond donors (Lipinski definition) is 3. The molecular weight excluding hydrogens is 498 g/mol. The van der Waals surface area contributed by atoms with E-state index >= 15 is 0 Å². The van der Waals surface area contributed by atoms with E-state index in [1.54, 1.807) is 23.9 Å². The van der Waals surface area contributed by atoms with E-state index in [9.17, 15) is 19.8 Å². The second kappa shape index (κ2) is 11.8. The molecule has 2 aliphatic rings. The molecule has 4 rings (SSSR count). The van der Waals surface area contributed by atoms with E-state index < -0.39 is 24.0 Å². The topological polar surface area (TPSA) is 102 Å². The van der Waals surface area contributed by atoms with Gasteiger partial charge in [0.2, 0.25) is 0 Å². The summed E-state index contributed by atoms with van der Waals surface area (Å²) in [6, 6.07) is 15.0. The first kappa shape index (κ1) is 26.7. The van der Waals surface area contributed by atoms with Gasteiger partial charge in [0.1, 0.15) is 0 Å². The molecule has 0 aliphatic carbocycles. The molecular formula is C27H32ClN3O4S. The Morgan fingerprint density at radius 1 is 1.14 bits per heavy atom. The van der Waals surface area contributed by atoms with Gasteiger partial charge in [-0.1, -0.05) is 61.8 Å². The average Bonchev–Trinajstić information content (AvgIpc) is 3.57. The van der Waals surface area contributed by atoms with Gasteiger partial charge in [-0.25, -0.2) is 0 Å². The van der Waals surface area contributed by atoms with Crippen LogP contribution in [0.1, 0.15) is 55.5 Å². The van der Waals surface area contributed by atoms with Crippen LogP contribution in [0.5, 0.6) is 0 Å². The Balaban J connectivity index is 1.31. The number of nitrogens with zero attached hydrogens (tertiary/aromatic N) is 2. The normalized spacial score (nSPS) is 21.4. The maximum Gasteiger partial charge on any atom is 0.255 e. The van der Waals surface area contributed by atoms with E-state index in [0.717, 1.165) is 35.3 Å². The summed E-state index contributed by atoms with van der Waals surface area (Å²) in [4.78, 5) is 31.8. The highest BCUT2D eigenvalue weighted by Gasteiger charge is 2.38. The molecule has 192 valence electrons. The number of aliphatic hydroxyl groups excluding tert-OH is 2. The van der Waals surface area contributed by atoms with E-state index in [-0.39, 0.29) is 18.6 Å². The Morgan fingerprint density at radius 3 is 2.56 bits per heavy atom. The zero-order valence-corrected chi connectivity index (χ0v) is 22.0. The molecule has 1 fully saturated rings. The second-order valence-electron chi connectivity index (χ2n) is 9.54. The molecule has 1 saturated heterocycles. The lowest BCUT2D eigenvalue weighted by Crippen LogP contribution is -2.50. The molecule has 0 radical (unpaired) electrons. The Morgan fingerprint density at radius 2 is 1.89 bits per heavy atom.